The third-order valence-corrected chi connectivity index (χ3v) is 3.27. The Morgan fingerprint density at radius 1 is 1.38 bits per heavy atom. The van der Waals surface area contributed by atoms with E-state index >= 15 is 0 Å². The Balaban J connectivity index is 1.92. The summed E-state index contributed by atoms with van der Waals surface area (Å²) in [6.45, 7) is 4.77. The van der Waals surface area contributed by atoms with Crippen LogP contribution in [0.2, 0.25) is 0 Å². The second-order valence-electron chi connectivity index (χ2n) is 5.14. The summed E-state index contributed by atoms with van der Waals surface area (Å²) in [6, 6.07) is 5.81. The third kappa shape index (κ3) is 2.62. The topological polar surface area (TPSA) is 94.0 Å². The number of nitrogens with one attached hydrogen (secondary N) is 1. The van der Waals surface area contributed by atoms with E-state index in [0.29, 0.717) is 23.9 Å². The maximum absolute atomic E-state index is 5.86. The van der Waals surface area contributed by atoms with Crippen LogP contribution < -0.4 is 11.1 Å². The van der Waals surface area contributed by atoms with Gasteiger partial charge in [-0.3, -0.25) is 0 Å². The smallest absolute Gasteiger partial charge is 0.200 e. The lowest BCUT2D eigenvalue weighted by atomic mass is 10.1. The highest BCUT2D eigenvalue weighted by Gasteiger charge is 2.10. The minimum absolute atomic E-state index is 0.320. The summed E-state index contributed by atoms with van der Waals surface area (Å²) in [5.41, 5.74) is 9.36. The maximum atomic E-state index is 5.86. The Hall–Kier alpha value is -2.70. The van der Waals surface area contributed by atoms with E-state index in [0.717, 1.165) is 16.9 Å². The zero-order valence-corrected chi connectivity index (χ0v) is 12.0. The number of hydrogen-bond acceptors (Lipinski definition) is 6. The van der Waals surface area contributed by atoms with Crippen LogP contribution in [0.1, 0.15) is 31.0 Å². The van der Waals surface area contributed by atoms with Gasteiger partial charge in [0.05, 0.1) is 11.4 Å². The predicted molar refractivity (Wildman–Crippen MR) is 80.8 cm³/mol. The van der Waals surface area contributed by atoms with Crippen LogP contribution in [-0.2, 0) is 6.54 Å². The molecule has 0 bridgehead atoms. The largest absolute Gasteiger partial charge is 0.383 e. The van der Waals surface area contributed by atoms with Crippen molar-refractivity contribution in [2.24, 2.45) is 0 Å². The fraction of sp³-hybridized carbons (Fsp3) is 0.286. The Labute approximate surface area is 122 Å². The van der Waals surface area contributed by atoms with Gasteiger partial charge >= 0.3 is 0 Å². The van der Waals surface area contributed by atoms with Crippen molar-refractivity contribution in [3.63, 3.8) is 0 Å². The first-order valence-electron chi connectivity index (χ1n) is 6.79. The fourth-order valence-corrected chi connectivity index (χ4v) is 2.05. The third-order valence-electron chi connectivity index (χ3n) is 3.27. The second kappa shape index (κ2) is 5.35. The molecule has 3 heterocycles. The van der Waals surface area contributed by atoms with Crippen molar-refractivity contribution < 1.29 is 0 Å². The summed E-state index contributed by atoms with van der Waals surface area (Å²) in [4.78, 5) is 4.08. The molecular formula is C14H17N7. The highest BCUT2D eigenvalue weighted by atomic mass is 15.3. The summed E-state index contributed by atoms with van der Waals surface area (Å²) < 4.78 is 1.68. The van der Waals surface area contributed by atoms with Gasteiger partial charge in [-0.25, -0.2) is 4.98 Å². The van der Waals surface area contributed by atoms with Gasteiger partial charge in [0.1, 0.15) is 12.1 Å². The Morgan fingerprint density at radius 2 is 2.24 bits per heavy atom. The van der Waals surface area contributed by atoms with E-state index in [-0.39, 0.29) is 0 Å². The predicted octanol–water partition coefficient (Wildman–Crippen LogP) is 1.84. The lowest BCUT2D eigenvalue weighted by Crippen LogP contribution is -2.08. The van der Waals surface area contributed by atoms with Gasteiger partial charge in [0, 0.05) is 18.3 Å². The molecule has 0 spiro atoms. The number of nitrogens with zero attached hydrogens (tertiary/aromatic N) is 5. The highest BCUT2D eigenvalue weighted by Crippen LogP contribution is 2.21. The molecule has 7 heteroatoms. The molecule has 0 unspecified atom stereocenters. The molecule has 3 N–H and O–H groups in total. The van der Waals surface area contributed by atoms with E-state index in [1.807, 2.05) is 18.2 Å². The van der Waals surface area contributed by atoms with Gasteiger partial charge in [-0.05, 0) is 18.1 Å². The van der Waals surface area contributed by atoms with E-state index in [1.165, 1.54) is 0 Å². The van der Waals surface area contributed by atoms with Crippen molar-refractivity contribution in [2.75, 3.05) is 11.1 Å². The summed E-state index contributed by atoms with van der Waals surface area (Å²) in [7, 11) is 0. The molecule has 0 saturated heterocycles. The van der Waals surface area contributed by atoms with E-state index in [1.54, 1.807) is 17.0 Å². The zero-order chi connectivity index (χ0) is 14.8. The lowest BCUT2D eigenvalue weighted by molar-refractivity contribution is 0.762. The first-order valence-corrected chi connectivity index (χ1v) is 6.79. The Morgan fingerprint density at radius 3 is 3.00 bits per heavy atom. The maximum Gasteiger partial charge on any atom is 0.200 e. The van der Waals surface area contributed by atoms with Crippen molar-refractivity contribution in [2.45, 2.75) is 26.3 Å². The molecule has 0 aromatic carbocycles. The molecular weight excluding hydrogens is 266 g/mol. The summed E-state index contributed by atoms with van der Waals surface area (Å²) in [5, 5.41) is 15.8. The Bertz CT molecular complexity index is 763. The van der Waals surface area contributed by atoms with E-state index in [4.69, 9.17) is 5.73 Å². The van der Waals surface area contributed by atoms with E-state index in [2.05, 4.69) is 39.4 Å². The molecule has 0 fully saturated rings. The number of nitrogen functional groups attached to an aromatic ring is 1. The standard InChI is InChI=1S/C14H17N7/c1-9(2)11-6-12(14-19-18-8-21(14)20-11)17-7-10-4-3-5-16-13(10)15/h3-6,8-9,17H,7H2,1-2H3,(H2,15,16). The minimum Gasteiger partial charge on any atom is -0.383 e. The molecule has 3 rings (SSSR count). The number of anilines is 2. The zero-order valence-electron chi connectivity index (χ0n) is 12.0. The number of rotatable bonds is 4. The average Bonchev–Trinajstić information content (AvgIpc) is 2.94. The number of aromatic nitrogens is 5. The molecule has 0 aliphatic rings. The van der Waals surface area contributed by atoms with Gasteiger partial charge < -0.3 is 11.1 Å². The summed E-state index contributed by atoms with van der Waals surface area (Å²) >= 11 is 0. The molecule has 0 saturated carbocycles. The molecule has 3 aromatic heterocycles. The number of pyridine rings is 1. The monoisotopic (exact) mass is 283 g/mol. The molecule has 0 aliphatic heterocycles. The lowest BCUT2D eigenvalue weighted by Gasteiger charge is -2.11. The van der Waals surface area contributed by atoms with Crippen molar-refractivity contribution in [1.29, 1.82) is 0 Å². The molecule has 0 amide bonds. The van der Waals surface area contributed by atoms with Gasteiger partial charge in [0.25, 0.3) is 0 Å². The van der Waals surface area contributed by atoms with Crippen molar-refractivity contribution in [3.05, 3.63) is 42.0 Å². The van der Waals surface area contributed by atoms with Gasteiger partial charge in [0.2, 0.25) is 5.65 Å². The first kappa shape index (κ1) is 13.3. The normalized spacial score (nSPS) is 11.2. The van der Waals surface area contributed by atoms with Gasteiger partial charge in [-0.2, -0.15) is 9.61 Å². The van der Waals surface area contributed by atoms with Crippen LogP contribution in [0, 0.1) is 0 Å². The van der Waals surface area contributed by atoms with Crippen molar-refractivity contribution in [1.82, 2.24) is 24.8 Å². The van der Waals surface area contributed by atoms with Crippen molar-refractivity contribution >= 4 is 17.2 Å². The average molecular weight is 283 g/mol. The van der Waals surface area contributed by atoms with E-state index < -0.39 is 0 Å². The number of fused-ring (bicyclic) bond motifs is 1. The van der Waals surface area contributed by atoms with Crippen molar-refractivity contribution in [3.8, 4) is 0 Å². The molecule has 7 nitrogen and oxygen atoms in total. The molecule has 108 valence electrons. The van der Waals surface area contributed by atoms with Crippen LogP contribution in [0.3, 0.4) is 0 Å². The number of nitrogens with two attached hydrogens (primary N) is 1. The minimum atomic E-state index is 0.320. The van der Waals surface area contributed by atoms with Crippen LogP contribution in [0.4, 0.5) is 11.5 Å². The van der Waals surface area contributed by atoms with Gasteiger partial charge in [-0.1, -0.05) is 19.9 Å². The van der Waals surface area contributed by atoms with Crippen LogP contribution in [0.5, 0.6) is 0 Å². The molecule has 3 aromatic rings. The van der Waals surface area contributed by atoms with Gasteiger partial charge in [0.15, 0.2) is 0 Å². The van der Waals surface area contributed by atoms with Crippen LogP contribution in [0.15, 0.2) is 30.7 Å². The highest BCUT2D eigenvalue weighted by molar-refractivity contribution is 5.67. The molecule has 0 aliphatic carbocycles. The number of hydrogen-bond donors (Lipinski definition) is 2. The van der Waals surface area contributed by atoms with Crippen LogP contribution in [-0.4, -0.2) is 24.8 Å². The second-order valence-corrected chi connectivity index (χ2v) is 5.14. The van der Waals surface area contributed by atoms with E-state index in [9.17, 15) is 0 Å². The quantitative estimate of drug-likeness (QED) is 0.758. The van der Waals surface area contributed by atoms with Gasteiger partial charge in [-0.15, -0.1) is 10.2 Å². The molecule has 0 atom stereocenters. The SMILES string of the molecule is CC(C)c1cc(NCc2cccnc2N)c2nncn2n1. The summed E-state index contributed by atoms with van der Waals surface area (Å²) in [6.07, 6.45) is 3.28. The summed E-state index contributed by atoms with van der Waals surface area (Å²) in [5.74, 6) is 0.849. The molecule has 0 radical (unpaired) electrons. The fourth-order valence-electron chi connectivity index (χ4n) is 2.05. The van der Waals surface area contributed by atoms with Crippen LogP contribution >= 0.6 is 0 Å². The van der Waals surface area contributed by atoms with Crippen LogP contribution in [0.25, 0.3) is 5.65 Å². The Kier molecular flexibility index (Phi) is 3.39. The first-order chi connectivity index (χ1) is 10.1. The molecule has 21 heavy (non-hydrogen) atoms.